The van der Waals surface area contributed by atoms with E-state index in [1.165, 1.54) is 5.56 Å². The van der Waals surface area contributed by atoms with E-state index in [-0.39, 0.29) is 17.4 Å². The van der Waals surface area contributed by atoms with Crippen LogP contribution < -0.4 is 4.90 Å². The maximum Gasteiger partial charge on any atom is 0.226 e. The molecule has 2 saturated heterocycles. The first-order valence-electron chi connectivity index (χ1n) is 11.7. The topological polar surface area (TPSA) is 48.9 Å². The summed E-state index contributed by atoms with van der Waals surface area (Å²) in [5, 5.41) is 0. The smallest absolute Gasteiger partial charge is 0.226 e. The summed E-state index contributed by atoms with van der Waals surface area (Å²) in [5.74, 6) is 0.240. The van der Waals surface area contributed by atoms with Crippen molar-refractivity contribution in [2.75, 3.05) is 52.3 Å². The van der Waals surface area contributed by atoms with E-state index in [0.717, 1.165) is 63.3 Å². The number of hydrogen-bond acceptors (Lipinski definition) is 5. The van der Waals surface area contributed by atoms with Crippen LogP contribution in [0.2, 0.25) is 0 Å². The summed E-state index contributed by atoms with van der Waals surface area (Å²) in [6.45, 7) is 4.33. The molecule has 1 amide bonds. The number of nitrogens with zero attached hydrogens (tertiary/aromatic N) is 4. The highest BCUT2D eigenvalue weighted by Crippen LogP contribution is 2.42. The van der Waals surface area contributed by atoms with Gasteiger partial charge < -0.3 is 14.5 Å². The van der Waals surface area contributed by atoms with Crippen LogP contribution in [0.1, 0.15) is 30.4 Å². The number of likely N-dealkylation sites (tertiary alicyclic amines) is 1. The molecular weight excluding hydrogens is 400 g/mol. The van der Waals surface area contributed by atoms with Gasteiger partial charge in [-0.2, -0.15) is 0 Å². The molecule has 0 radical (unpaired) electrons. The number of hydrogen-bond donors (Lipinski definition) is 0. The SMILES string of the molecule is CN(Cc1cccnc1)CC1CC2(CCN(C(=O)Cc3ccc(N(C)C)cc3)CC2)CO1. The molecule has 0 aliphatic carbocycles. The van der Waals surface area contributed by atoms with Crippen molar-refractivity contribution >= 4 is 11.6 Å². The zero-order valence-electron chi connectivity index (χ0n) is 19.7. The van der Waals surface area contributed by atoms with Crippen molar-refractivity contribution in [2.24, 2.45) is 5.41 Å². The highest BCUT2D eigenvalue weighted by atomic mass is 16.5. The van der Waals surface area contributed by atoms with Crippen LogP contribution in [0, 0.1) is 5.41 Å². The maximum atomic E-state index is 12.8. The Balaban J connectivity index is 1.23. The number of ether oxygens (including phenoxy) is 1. The first-order valence-corrected chi connectivity index (χ1v) is 11.7. The molecule has 2 aromatic rings. The third-order valence-corrected chi connectivity index (χ3v) is 6.96. The Morgan fingerprint density at radius 3 is 2.53 bits per heavy atom. The minimum atomic E-state index is 0.240. The number of likely N-dealkylation sites (N-methyl/N-ethyl adjacent to an activating group) is 1. The highest BCUT2D eigenvalue weighted by Gasteiger charge is 2.43. The maximum absolute atomic E-state index is 12.8. The number of piperidine rings is 1. The van der Waals surface area contributed by atoms with Crippen molar-refractivity contribution in [1.29, 1.82) is 0 Å². The molecule has 2 aliphatic heterocycles. The van der Waals surface area contributed by atoms with Gasteiger partial charge in [-0.25, -0.2) is 0 Å². The molecular formula is C26H36N4O2. The van der Waals surface area contributed by atoms with Gasteiger partial charge in [0.2, 0.25) is 5.91 Å². The second-order valence-corrected chi connectivity index (χ2v) is 9.81. The second kappa shape index (κ2) is 10.0. The Hall–Kier alpha value is -2.44. The van der Waals surface area contributed by atoms with Gasteiger partial charge in [0.15, 0.2) is 0 Å². The van der Waals surface area contributed by atoms with Gasteiger partial charge >= 0.3 is 0 Å². The molecule has 2 aliphatic rings. The van der Waals surface area contributed by atoms with Crippen LogP contribution in [0.3, 0.4) is 0 Å². The fourth-order valence-electron chi connectivity index (χ4n) is 5.01. The van der Waals surface area contributed by atoms with E-state index in [0.29, 0.717) is 6.42 Å². The zero-order valence-corrected chi connectivity index (χ0v) is 19.7. The summed E-state index contributed by atoms with van der Waals surface area (Å²) in [5.41, 5.74) is 3.71. The van der Waals surface area contributed by atoms with Crippen molar-refractivity contribution < 1.29 is 9.53 Å². The quantitative estimate of drug-likeness (QED) is 0.667. The molecule has 0 N–H and O–H groups in total. The Morgan fingerprint density at radius 1 is 1.12 bits per heavy atom. The van der Waals surface area contributed by atoms with Crippen LogP contribution in [0.15, 0.2) is 48.8 Å². The monoisotopic (exact) mass is 436 g/mol. The number of anilines is 1. The van der Waals surface area contributed by atoms with Crippen LogP contribution in [0.25, 0.3) is 0 Å². The van der Waals surface area contributed by atoms with Gasteiger partial charge in [-0.05, 0) is 61.1 Å². The minimum absolute atomic E-state index is 0.240. The number of rotatable bonds is 7. The van der Waals surface area contributed by atoms with Gasteiger partial charge in [0.05, 0.1) is 19.1 Å². The number of pyridine rings is 1. The summed E-state index contributed by atoms with van der Waals surface area (Å²) in [6.07, 6.45) is 7.68. The minimum Gasteiger partial charge on any atom is -0.378 e. The Morgan fingerprint density at radius 2 is 1.88 bits per heavy atom. The van der Waals surface area contributed by atoms with Gasteiger partial charge in [-0.15, -0.1) is 0 Å². The Bertz CT molecular complexity index is 876. The van der Waals surface area contributed by atoms with Gasteiger partial charge in [0.25, 0.3) is 0 Å². The molecule has 1 aromatic carbocycles. The molecule has 1 aromatic heterocycles. The lowest BCUT2D eigenvalue weighted by atomic mass is 9.76. The first kappa shape index (κ1) is 22.7. The Labute approximate surface area is 192 Å². The molecule has 2 fully saturated rings. The zero-order chi connectivity index (χ0) is 22.6. The number of carbonyl (C=O) groups is 1. The van der Waals surface area contributed by atoms with Crippen LogP contribution in [-0.2, 0) is 22.5 Å². The third-order valence-electron chi connectivity index (χ3n) is 6.96. The predicted octanol–water partition coefficient (Wildman–Crippen LogP) is 3.22. The van der Waals surface area contributed by atoms with Gasteiger partial charge in [-0.1, -0.05) is 18.2 Å². The molecule has 172 valence electrons. The van der Waals surface area contributed by atoms with E-state index in [4.69, 9.17) is 4.74 Å². The average molecular weight is 437 g/mol. The largest absolute Gasteiger partial charge is 0.378 e. The standard InChI is InChI=1S/C26H36N4O2/c1-28(2)23-8-6-21(7-9-23)15-25(31)30-13-10-26(11-14-30)16-24(32-20-26)19-29(3)18-22-5-4-12-27-17-22/h4-9,12,17,24H,10-11,13-16,18-20H2,1-3H3. The molecule has 1 spiro atoms. The van der Waals surface area contributed by atoms with E-state index in [9.17, 15) is 4.79 Å². The second-order valence-electron chi connectivity index (χ2n) is 9.81. The van der Waals surface area contributed by atoms with Crippen molar-refractivity contribution in [1.82, 2.24) is 14.8 Å². The Kier molecular flexibility index (Phi) is 7.11. The number of benzene rings is 1. The lowest BCUT2D eigenvalue weighted by molar-refractivity contribution is -0.132. The third kappa shape index (κ3) is 5.67. The van der Waals surface area contributed by atoms with Gasteiger partial charge in [-0.3, -0.25) is 14.7 Å². The van der Waals surface area contributed by atoms with E-state index >= 15 is 0 Å². The van der Waals surface area contributed by atoms with Crippen LogP contribution in [0.4, 0.5) is 5.69 Å². The van der Waals surface area contributed by atoms with E-state index in [1.807, 2.05) is 37.5 Å². The van der Waals surface area contributed by atoms with E-state index < -0.39 is 0 Å². The van der Waals surface area contributed by atoms with Crippen LogP contribution in [-0.4, -0.2) is 74.2 Å². The lowest BCUT2D eigenvalue weighted by Crippen LogP contribution is -2.44. The summed E-state index contributed by atoms with van der Waals surface area (Å²) < 4.78 is 6.21. The summed E-state index contributed by atoms with van der Waals surface area (Å²) in [6, 6.07) is 12.4. The molecule has 1 atom stereocenters. The lowest BCUT2D eigenvalue weighted by Gasteiger charge is -2.38. The fraction of sp³-hybridized carbons (Fsp3) is 0.538. The highest BCUT2D eigenvalue weighted by molar-refractivity contribution is 5.79. The van der Waals surface area contributed by atoms with Gasteiger partial charge in [0, 0.05) is 58.4 Å². The number of carbonyl (C=O) groups excluding carboxylic acids is 1. The molecule has 1 unspecified atom stereocenters. The average Bonchev–Trinajstić information content (AvgIpc) is 3.16. The van der Waals surface area contributed by atoms with E-state index in [1.54, 1.807) is 0 Å². The first-order chi connectivity index (χ1) is 15.4. The molecule has 32 heavy (non-hydrogen) atoms. The fourth-order valence-corrected chi connectivity index (χ4v) is 5.01. The molecule has 0 bridgehead atoms. The molecule has 0 saturated carbocycles. The summed E-state index contributed by atoms with van der Waals surface area (Å²) in [4.78, 5) is 23.5. The van der Waals surface area contributed by atoms with E-state index in [2.05, 4.69) is 52.2 Å². The molecule has 4 rings (SSSR count). The molecule has 6 heteroatoms. The van der Waals surface area contributed by atoms with Crippen LogP contribution in [0.5, 0.6) is 0 Å². The van der Waals surface area contributed by atoms with Crippen LogP contribution >= 0.6 is 0 Å². The van der Waals surface area contributed by atoms with Crippen molar-refractivity contribution in [3.05, 3.63) is 59.9 Å². The molecule has 3 heterocycles. The summed E-state index contributed by atoms with van der Waals surface area (Å²) in [7, 11) is 6.20. The predicted molar refractivity (Wildman–Crippen MR) is 128 cm³/mol. The number of aromatic nitrogens is 1. The van der Waals surface area contributed by atoms with Crippen molar-refractivity contribution in [3.8, 4) is 0 Å². The van der Waals surface area contributed by atoms with Crippen molar-refractivity contribution in [2.45, 2.75) is 38.3 Å². The van der Waals surface area contributed by atoms with Crippen molar-refractivity contribution in [3.63, 3.8) is 0 Å². The normalized spacial score (nSPS) is 20.1. The molecule has 6 nitrogen and oxygen atoms in total. The number of amides is 1. The summed E-state index contributed by atoms with van der Waals surface area (Å²) >= 11 is 0. The van der Waals surface area contributed by atoms with Gasteiger partial charge in [0.1, 0.15) is 0 Å².